The highest BCUT2D eigenvalue weighted by atomic mass is 14.7. The smallest absolute Gasteiger partial charge is 0.0114 e. The minimum absolute atomic E-state index is 0.300. The topological polar surface area (TPSA) is 26.0 Å². The molecular formula is C23H33N. The third-order valence-corrected chi connectivity index (χ3v) is 5.96. The predicted octanol–water partition coefficient (Wildman–Crippen LogP) is 5.67. The molecule has 1 fully saturated rings. The highest BCUT2D eigenvalue weighted by Crippen LogP contribution is 2.49. The van der Waals surface area contributed by atoms with E-state index >= 15 is 0 Å². The van der Waals surface area contributed by atoms with Crippen LogP contribution in [0.25, 0.3) is 0 Å². The highest BCUT2D eigenvalue weighted by Gasteiger charge is 2.43. The van der Waals surface area contributed by atoms with E-state index in [1.54, 1.807) is 11.1 Å². The Morgan fingerprint density at radius 2 is 1.96 bits per heavy atom. The number of hydrogen-bond acceptors (Lipinski definition) is 1. The molecule has 0 spiro atoms. The first-order chi connectivity index (χ1) is 11.7. The van der Waals surface area contributed by atoms with Crippen molar-refractivity contribution in [2.45, 2.75) is 64.8 Å². The summed E-state index contributed by atoms with van der Waals surface area (Å²) in [5.74, 6) is 2.18. The molecule has 130 valence electrons. The van der Waals surface area contributed by atoms with Gasteiger partial charge in [0.2, 0.25) is 0 Å². The first kappa shape index (κ1) is 17.5. The second-order valence-corrected chi connectivity index (χ2v) is 7.88. The Morgan fingerprint density at radius 1 is 1.17 bits per heavy atom. The predicted molar refractivity (Wildman–Crippen MR) is 104 cm³/mol. The molecule has 0 aromatic heterocycles. The fourth-order valence-corrected chi connectivity index (χ4v) is 4.26. The van der Waals surface area contributed by atoms with Crippen LogP contribution in [-0.4, -0.2) is 6.04 Å². The Bertz CT molecular complexity index is 583. The lowest BCUT2D eigenvalue weighted by molar-refractivity contribution is 0.512. The van der Waals surface area contributed by atoms with Gasteiger partial charge in [-0.05, 0) is 61.5 Å². The number of rotatable bonds is 8. The second kappa shape index (κ2) is 8.16. The molecule has 1 saturated carbocycles. The van der Waals surface area contributed by atoms with Crippen molar-refractivity contribution >= 4 is 0 Å². The van der Waals surface area contributed by atoms with Gasteiger partial charge in [-0.1, -0.05) is 74.2 Å². The van der Waals surface area contributed by atoms with Crippen molar-refractivity contribution in [1.29, 1.82) is 0 Å². The highest BCUT2D eigenvalue weighted by molar-refractivity contribution is 5.35. The third-order valence-electron chi connectivity index (χ3n) is 5.96. The van der Waals surface area contributed by atoms with Gasteiger partial charge in [0.25, 0.3) is 0 Å². The summed E-state index contributed by atoms with van der Waals surface area (Å²) in [5, 5.41) is 0. The maximum atomic E-state index is 6.50. The summed E-state index contributed by atoms with van der Waals surface area (Å²) in [4.78, 5) is 0. The lowest BCUT2D eigenvalue weighted by atomic mass is 9.84. The number of nitrogens with two attached hydrogens (primary N) is 1. The van der Waals surface area contributed by atoms with E-state index < -0.39 is 0 Å². The molecule has 2 aliphatic carbocycles. The van der Waals surface area contributed by atoms with Gasteiger partial charge in [-0.3, -0.25) is 0 Å². The van der Waals surface area contributed by atoms with E-state index in [1.165, 1.54) is 44.1 Å². The second-order valence-electron chi connectivity index (χ2n) is 7.88. The van der Waals surface area contributed by atoms with Crippen LogP contribution >= 0.6 is 0 Å². The molecule has 0 aliphatic heterocycles. The van der Waals surface area contributed by atoms with Crippen molar-refractivity contribution in [1.82, 2.24) is 0 Å². The van der Waals surface area contributed by atoms with Crippen LogP contribution in [0.2, 0.25) is 0 Å². The molecule has 4 atom stereocenters. The molecule has 2 aliphatic rings. The van der Waals surface area contributed by atoms with E-state index in [-0.39, 0.29) is 0 Å². The zero-order valence-electron chi connectivity index (χ0n) is 15.4. The zero-order chi connectivity index (χ0) is 16.9. The summed E-state index contributed by atoms with van der Waals surface area (Å²) in [6.07, 6.45) is 14.0. The van der Waals surface area contributed by atoms with E-state index in [9.17, 15) is 0 Å². The fraction of sp³-hybridized carbons (Fsp3) is 0.565. The summed E-state index contributed by atoms with van der Waals surface area (Å²) in [6.45, 7) is 4.62. The summed E-state index contributed by atoms with van der Waals surface area (Å²) in [6, 6.07) is 11.0. The van der Waals surface area contributed by atoms with Gasteiger partial charge < -0.3 is 5.73 Å². The maximum Gasteiger partial charge on any atom is 0.0114 e. The van der Waals surface area contributed by atoms with Crippen LogP contribution in [0.15, 0.2) is 53.6 Å². The van der Waals surface area contributed by atoms with Gasteiger partial charge in [-0.25, -0.2) is 0 Å². The van der Waals surface area contributed by atoms with E-state index in [4.69, 9.17) is 5.73 Å². The summed E-state index contributed by atoms with van der Waals surface area (Å²) in [7, 11) is 0. The number of unbranched alkanes of at least 4 members (excludes halogenated alkanes) is 2. The van der Waals surface area contributed by atoms with Gasteiger partial charge in [-0.15, -0.1) is 0 Å². The molecular weight excluding hydrogens is 290 g/mol. The molecule has 0 bridgehead atoms. The Balaban J connectivity index is 1.50. The molecule has 0 amide bonds. The number of allylic oxidation sites excluding steroid dienone is 4. The Kier molecular flexibility index (Phi) is 5.94. The lowest BCUT2D eigenvalue weighted by Gasteiger charge is -2.22. The van der Waals surface area contributed by atoms with Crippen molar-refractivity contribution in [3.8, 4) is 0 Å². The molecule has 2 N–H and O–H groups in total. The summed E-state index contributed by atoms with van der Waals surface area (Å²) >= 11 is 0. The van der Waals surface area contributed by atoms with Gasteiger partial charge in [0.15, 0.2) is 0 Å². The monoisotopic (exact) mass is 323 g/mol. The molecule has 0 heterocycles. The summed E-state index contributed by atoms with van der Waals surface area (Å²) < 4.78 is 0. The molecule has 24 heavy (non-hydrogen) atoms. The molecule has 4 unspecified atom stereocenters. The molecule has 1 heteroatoms. The molecule has 3 rings (SSSR count). The minimum atomic E-state index is 0.300. The number of hydrogen-bond donors (Lipinski definition) is 1. The van der Waals surface area contributed by atoms with Crippen molar-refractivity contribution in [3.63, 3.8) is 0 Å². The van der Waals surface area contributed by atoms with Crippen LogP contribution in [0.5, 0.6) is 0 Å². The normalized spacial score (nSPS) is 27.4. The molecule has 0 saturated heterocycles. The standard InChI is InChI=1S/C23H33N/c1-3-4-6-11-19-12-13-20(14-17(19)2)21-16-22(21)23(24)15-18-9-7-5-8-10-18/h5,7-10,13-14,19,21-23H,3-4,6,11-12,15-16,24H2,1-2H3. The van der Waals surface area contributed by atoms with E-state index in [1.807, 2.05) is 0 Å². The van der Waals surface area contributed by atoms with Crippen LogP contribution in [0, 0.1) is 17.8 Å². The van der Waals surface area contributed by atoms with Gasteiger partial charge in [-0.2, -0.15) is 0 Å². The third kappa shape index (κ3) is 4.39. The van der Waals surface area contributed by atoms with Crippen LogP contribution < -0.4 is 5.73 Å². The van der Waals surface area contributed by atoms with E-state index in [2.05, 4.69) is 56.3 Å². The van der Waals surface area contributed by atoms with Gasteiger partial charge in [0.1, 0.15) is 0 Å². The summed E-state index contributed by atoms with van der Waals surface area (Å²) in [5.41, 5.74) is 11.1. The van der Waals surface area contributed by atoms with Crippen LogP contribution in [0.3, 0.4) is 0 Å². The van der Waals surface area contributed by atoms with Gasteiger partial charge in [0.05, 0.1) is 0 Å². The molecule has 1 aromatic carbocycles. The van der Waals surface area contributed by atoms with Gasteiger partial charge in [0, 0.05) is 6.04 Å². The SMILES string of the molecule is CCCCCC1CC=C(C2CC2C(N)Cc2ccccc2)C=C1C. The van der Waals surface area contributed by atoms with Crippen LogP contribution in [-0.2, 0) is 6.42 Å². The van der Waals surface area contributed by atoms with Crippen LogP contribution in [0.4, 0.5) is 0 Å². The molecule has 1 nitrogen and oxygen atoms in total. The van der Waals surface area contributed by atoms with Gasteiger partial charge >= 0.3 is 0 Å². The first-order valence-electron chi connectivity index (χ1n) is 9.86. The van der Waals surface area contributed by atoms with Crippen molar-refractivity contribution in [2.75, 3.05) is 0 Å². The quantitative estimate of drug-likeness (QED) is 0.613. The fourth-order valence-electron chi connectivity index (χ4n) is 4.26. The van der Waals surface area contributed by atoms with Crippen molar-refractivity contribution in [2.24, 2.45) is 23.5 Å². The minimum Gasteiger partial charge on any atom is -0.327 e. The van der Waals surface area contributed by atoms with Crippen molar-refractivity contribution < 1.29 is 0 Å². The van der Waals surface area contributed by atoms with E-state index in [0.29, 0.717) is 12.0 Å². The Hall–Kier alpha value is -1.34. The first-order valence-corrected chi connectivity index (χ1v) is 9.86. The lowest BCUT2D eigenvalue weighted by Crippen LogP contribution is -2.26. The number of benzene rings is 1. The molecule has 0 radical (unpaired) electrons. The zero-order valence-corrected chi connectivity index (χ0v) is 15.4. The van der Waals surface area contributed by atoms with Crippen molar-refractivity contribution in [3.05, 3.63) is 59.2 Å². The van der Waals surface area contributed by atoms with E-state index in [0.717, 1.165) is 18.3 Å². The Labute approximate surface area is 148 Å². The maximum absolute atomic E-state index is 6.50. The Morgan fingerprint density at radius 3 is 2.67 bits per heavy atom. The average Bonchev–Trinajstić information content (AvgIpc) is 3.38. The molecule has 1 aromatic rings. The largest absolute Gasteiger partial charge is 0.327 e. The van der Waals surface area contributed by atoms with Crippen LogP contribution in [0.1, 0.15) is 57.9 Å². The average molecular weight is 324 g/mol.